The minimum Gasteiger partial charge on any atom is -0.322 e. The molecule has 2 aromatic carbocycles. The van der Waals surface area contributed by atoms with E-state index in [1.807, 2.05) is 0 Å². The molecular weight excluding hydrogens is 349 g/mol. The number of likely N-dealkylation sites (N-methyl/N-ethyl adjacent to an activating group) is 1. The van der Waals surface area contributed by atoms with Gasteiger partial charge in [0, 0.05) is 25.1 Å². The highest BCUT2D eigenvalue weighted by atomic mass is 19.1. The number of halogens is 1. The highest BCUT2D eigenvalue weighted by Gasteiger charge is 2.60. The van der Waals surface area contributed by atoms with E-state index in [2.05, 4.69) is 5.32 Å². The summed E-state index contributed by atoms with van der Waals surface area (Å²) in [5, 5.41) is 2.68. The molecule has 2 aliphatic rings. The molecule has 2 aliphatic heterocycles. The molecule has 27 heavy (non-hydrogen) atoms. The first kappa shape index (κ1) is 17.2. The van der Waals surface area contributed by atoms with Crippen molar-refractivity contribution < 1.29 is 18.8 Å². The maximum absolute atomic E-state index is 13.5. The van der Waals surface area contributed by atoms with Gasteiger partial charge >= 0.3 is 0 Å². The van der Waals surface area contributed by atoms with Gasteiger partial charge in [-0.2, -0.15) is 0 Å². The molecule has 1 saturated heterocycles. The SMILES string of the molecule is CCN1C(=O)c2ccccc2N2C(=O)CCC12C(=O)Nc1cccc(F)c1. The van der Waals surface area contributed by atoms with Crippen LogP contribution >= 0.6 is 0 Å². The summed E-state index contributed by atoms with van der Waals surface area (Å²) in [6.45, 7) is 2.03. The molecule has 138 valence electrons. The largest absolute Gasteiger partial charge is 0.322 e. The number of hydrogen-bond donors (Lipinski definition) is 1. The van der Waals surface area contributed by atoms with Gasteiger partial charge in [0.05, 0.1) is 11.3 Å². The second kappa shape index (κ2) is 6.19. The topological polar surface area (TPSA) is 69.7 Å². The maximum atomic E-state index is 13.5. The molecule has 0 radical (unpaired) electrons. The molecule has 0 spiro atoms. The highest BCUT2D eigenvalue weighted by molar-refractivity contribution is 6.18. The van der Waals surface area contributed by atoms with Gasteiger partial charge in [0.2, 0.25) is 11.6 Å². The maximum Gasteiger partial charge on any atom is 0.271 e. The number of para-hydroxylation sites is 1. The average molecular weight is 367 g/mol. The summed E-state index contributed by atoms with van der Waals surface area (Å²) in [4.78, 5) is 41.9. The van der Waals surface area contributed by atoms with Gasteiger partial charge in [-0.25, -0.2) is 4.39 Å². The van der Waals surface area contributed by atoms with Crippen molar-refractivity contribution >= 4 is 29.1 Å². The number of hydrogen-bond acceptors (Lipinski definition) is 3. The Balaban J connectivity index is 1.84. The lowest BCUT2D eigenvalue weighted by Crippen LogP contribution is -2.69. The predicted octanol–water partition coefficient (Wildman–Crippen LogP) is 2.76. The van der Waals surface area contributed by atoms with Crippen LogP contribution in [-0.4, -0.2) is 34.8 Å². The number of nitrogens with one attached hydrogen (secondary N) is 1. The molecule has 1 unspecified atom stereocenters. The number of fused-ring (bicyclic) bond motifs is 3. The van der Waals surface area contributed by atoms with Crippen LogP contribution in [0.4, 0.5) is 15.8 Å². The van der Waals surface area contributed by atoms with Crippen molar-refractivity contribution in [3.8, 4) is 0 Å². The number of benzene rings is 2. The molecule has 1 atom stereocenters. The van der Waals surface area contributed by atoms with Crippen molar-refractivity contribution in [1.82, 2.24) is 4.90 Å². The first-order chi connectivity index (χ1) is 13.0. The van der Waals surface area contributed by atoms with Crippen molar-refractivity contribution in [3.05, 3.63) is 59.9 Å². The van der Waals surface area contributed by atoms with E-state index in [0.717, 1.165) is 0 Å². The summed E-state index contributed by atoms with van der Waals surface area (Å²) < 4.78 is 13.5. The first-order valence-electron chi connectivity index (χ1n) is 8.80. The Labute approximate surface area is 155 Å². The van der Waals surface area contributed by atoms with Gasteiger partial charge in [0.15, 0.2) is 0 Å². The molecule has 0 saturated carbocycles. The molecule has 0 bridgehead atoms. The fraction of sp³-hybridized carbons (Fsp3) is 0.250. The van der Waals surface area contributed by atoms with Gasteiger partial charge in [-0.15, -0.1) is 0 Å². The van der Waals surface area contributed by atoms with E-state index >= 15 is 0 Å². The molecule has 2 heterocycles. The van der Waals surface area contributed by atoms with E-state index in [4.69, 9.17) is 0 Å². The summed E-state index contributed by atoms with van der Waals surface area (Å²) in [6.07, 6.45) is 0.329. The van der Waals surface area contributed by atoms with E-state index in [0.29, 0.717) is 11.3 Å². The summed E-state index contributed by atoms with van der Waals surface area (Å²) >= 11 is 0. The molecule has 3 amide bonds. The van der Waals surface area contributed by atoms with Gasteiger partial charge < -0.3 is 10.2 Å². The van der Waals surface area contributed by atoms with Crippen molar-refractivity contribution in [1.29, 1.82) is 0 Å². The predicted molar refractivity (Wildman–Crippen MR) is 97.6 cm³/mol. The zero-order valence-electron chi connectivity index (χ0n) is 14.7. The van der Waals surface area contributed by atoms with Crippen LogP contribution in [0.25, 0.3) is 0 Å². The second-order valence-corrected chi connectivity index (χ2v) is 6.58. The average Bonchev–Trinajstić information content (AvgIpc) is 3.01. The number of carbonyl (C=O) groups excluding carboxylic acids is 3. The van der Waals surface area contributed by atoms with Crippen LogP contribution in [0.1, 0.15) is 30.1 Å². The Bertz CT molecular complexity index is 961. The zero-order valence-corrected chi connectivity index (χ0v) is 14.7. The molecule has 1 N–H and O–H groups in total. The third-order valence-electron chi connectivity index (χ3n) is 5.14. The van der Waals surface area contributed by atoms with E-state index in [1.54, 1.807) is 37.3 Å². The van der Waals surface area contributed by atoms with Crippen LogP contribution in [0.15, 0.2) is 48.5 Å². The Hall–Kier alpha value is -3.22. The monoisotopic (exact) mass is 367 g/mol. The van der Waals surface area contributed by atoms with Gasteiger partial charge in [-0.3, -0.25) is 19.3 Å². The van der Waals surface area contributed by atoms with Crippen LogP contribution in [0, 0.1) is 5.82 Å². The number of rotatable bonds is 3. The van der Waals surface area contributed by atoms with E-state index < -0.39 is 17.4 Å². The lowest BCUT2D eigenvalue weighted by atomic mass is 9.95. The van der Waals surface area contributed by atoms with Crippen LogP contribution in [0.3, 0.4) is 0 Å². The standard InChI is InChI=1S/C20H18FN3O3/c1-2-23-18(26)15-8-3-4-9-16(15)24-17(25)10-11-20(23,24)19(27)22-14-7-5-6-13(21)12-14/h3-9,12H,2,10-11H2,1H3,(H,22,27). The summed E-state index contributed by atoms with van der Waals surface area (Å²) in [5.74, 6) is -1.53. The number of carbonyl (C=O) groups is 3. The Morgan fingerprint density at radius 2 is 1.96 bits per heavy atom. The van der Waals surface area contributed by atoms with Gasteiger partial charge in [0.25, 0.3) is 11.8 Å². The van der Waals surface area contributed by atoms with E-state index in [1.165, 1.54) is 28.0 Å². The molecular formula is C20H18FN3O3. The van der Waals surface area contributed by atoms with Crippen molar-refractivity contribution in [3.63, 3.8) is 0 Å². The van der Waals surface area contributed by atoms with Gasteiger partial charge in [-0.1, -0.05) is 18.2 Å². The van der Waals surface area contributed by atoms with Crippen LogP contribution in [0.2, 0.25) is 0 Å². The Morgan fingerprint density at radius 1 is 1.19 bits per heavy atom. The first-order valence-corrected chi connectivity index (χ1v) is 8.80. The molecule has 1 fully saturated rings. The van der Waals surface area contributed by atoms with Crippen LogP contribution in [-0.2, 0) is 9.59 Å². The fourth-order valence-electron chi connectivity index (χ4n) is 4.00. The lowest BCUT2D eigenvalue weighted by molar-refractivity contribution is -0.128. The lowest BCUT2D eigenvalue weighted by Gasteiger charge is -2.48. The smallest absolute Gasteiger partial charge is 0.271 e. The van der Waals surface area contributed by atoms with Crippen molar-refractivity contribution in [2.75, 3.05) is 16.8 Å². The van der Waals surface area contributed by atoms with Crippen molar-refractivity contribution in [2.45, 2.75) is 25.4 Å². The Morgan fingerprint density at radius 3 is 2.70 bits per heavy atom. The molecule has 6 nitrogen and oxygen atoms in total. The molecule has 0 aliphatic carbocycles. The molecule has 4 rings (SSSR count). The molecule has 2 aromatic rings. The summed E-state index contributed by atoms with van der Waals surface area (Å²) in [5.41, 5.74) is -0.354. The Kier molecular flexibility index (Phi) is 3.95. The zero-order chi connectivity index (χ0) is 19.2. The van der Waals surface area contributed by atoms with E-state index in [9.17, 15) is 18.8 Å². The minimum absolute atomic E-state index is 0.148. The number of anilines is 2. The normalized spacial score (nSPS) is 21.1. The fourth-order valence-corrected chi connectivity index (χ4v) is 4.00. The van der Waals surface area contributed by atoms with Gasteiger partial charge in [0.1, 0.15) is 5.82 Å². The summed E-state index contributed by atoms with van der Waals surface area (Å²) in [6, 6.07) is 12.3. The van der Waals surface area contributed by atoms with E-state index in [-0.39, 0.29) is 36.9 Å². The van der Waals surface area contributed by atoms with Gasteiger partial charge in [-0.05, 0) is 37.3 Å². The third kappa shape index (κ3) is 2.42. The summed E-state index contributed by atoms with van der Waals surface area (Å²) in [7, 11) is 0. The number of amides is 3. The van der Waals surface area contributed by atoms with Crippen LogP contribution < -0.4 is 10.2 Å². The quantitative estimate of drug-likeness (QED) is 0.907. The second-order valence-electron chi connectivity index (χ2n) is 6.58. The van der Waals surface area contributed by atoms with Crippen molar-refractivity contribution in [2.24, 2.45) is 0 Å². The number of nitrogens with zero attached hydrogens (tertiary/aromatic N) is 2. The molecule has 7 heteroatoms. The van der Waals surface area contributed by atoms with Crippen LogP contribution in [0.5, 0.6) is 0 Å². The third-order valence-corrected chi connectivity index (χ3v) is 5.14. The highest BCUT2D eigenvalue weighted by Crippen LogP contribution is 2.44. The molecule has 0 aromatic heterocycles. The minimum atomic E-state index is -1.45.